The molecule has 0 atom stereocenters. The number of carbonyl (C=O) groups is 2. The standard InChI is InChI=1S/C17H17N3O4S/c1-12-3-2-4-14(9-12)19-17(22)11-25-10-16(21)18-13-5-7-15(8-6-13)20(23)24/h2-9H,10-11H2,1H3,(H,18,21)(H,19,22). The molecule has 0 fully saturated rings. The number of thioether (sulfide) groups is 1. The number of aryl methyl sites for hydroxylation is 1. The predicted octanol–water partition coefficient (Wildman–Crippen LogP) is 3.21. The fourth-order valence-corrected chi connectivity index (χ4v) is 2.64. The van der Waals surface area contributed by atoms with Gasteiger partial charge in [0.05, 0.1) is 16.4 Å². The van der Waals surface area contributed by atoms with Crippen LogP contribution in [0.5, 0.6) is 0 Å². The van der Waals surface area contributed by atoms with Crippen molar-refractivity contribution in [1.82, 2.24) is 0 Å². The highest BCUT2D eigenvalue weighted by Crippen LogP contribution is 2.16. The molecule has 0 radical (unpaired) electrons. The Labute approximate surface area is 149 Å². The van der Waals surface area contributed by atoms with Gasteiger partial charge in [-0.05, 0) is 36.8 Å². The van der Waals surface area contributed by atoms with Crippen molar-refractivity contribution >= 4 is 40.6 Å². The number of hydrogen-bond acceptors (Lipinski definition) is 5. The molecule has 0 aliphatic carbocycles. The molecule has 0 bridgehead atoms. The fourth-order valence-electron chi connectivity index (χ4n) is 2.02. The number of amides is 2. The summed E-state index contributed by atoms with van der Waals surface area (Å²) in [6, 6.07) is 13.0. The van der Waals surface area contributed by atoms with E-state index in [9.17, 15) is 19.7 Å². The summed E-state index contributed by atoms with van der Waals surface area (Å²) in [5, 5.41) is 16.0. The molecule has 0 heterocycles. The quantitative estimate of drug-likeness (QED) is 0.584. The number of anilines is 2. The van der Waals surface area contributed by atoms with Gasteiger partial charge < -0.3 is 10.6 Å². The van der Waals surface area contributed by atoms with Gasteiger partial charge in [0.25, 0.3) is 5.69 Å². The van der Waals surface area contributed by atoms with Crippen molar-refractivity contribution in [2.75, 3.05) is 22.1 Å². The van der Waals surface area contributed by atoms with E-state index in [0.717, 1.165) is 11.3 Å². The van der Waals surface area contributed by atoms with Gasteiger partial charge in [-0.3, -0.25) is 19.7 Å². The van der Waals surface area contributed by atoms with E-state index in [-0.39, 0.29) is 29.0 Å². The van der Waals surface area contributed by atoms with E-state index in [0.29, 0.717) is 5.69 Å². The second kappa shape index (κ2) is 8.84. The molecule has 2 aromatic carbocycles. The summed E-state index contributed by atoms with van der Waals surface area (Å²) >= 11 is 1.19. The van der Waals surface area contributed by atoms with E-state index in [1.54, 1.807) is 6.07 Å². The van der Waals surface area contributed by atoms with Crippen molar-refractivity contribution in [2.24, 2.45) is 0 Å². The maximum Gasteiger partial charge on any atom is 0.269 e. The van der Waals surface area contributed by atoms with Gasteiger partial charge in [0.1, 0.15) is 0 Å². The number of rotatable bonds is 7. The number of nitro groups is 1. The lowest BCUT2D eigenvalue weighted by molar-refractivity contribution is -0.384. The predicted molar refractivity (Wildman–Crippen MR) is 98.9 cm³/mol. The van der Waals surface area contributed by atoms with Crippen LogP contribution in [0.25, 0.3) is 0 Å². The molecule has 0 aliphatic rings. The number of carbonyl (C=O) groups excluding carboxylic acids is 2. The minimum Gasteiger partial charge on any atom is -0.325 e. The first-order chi connectivity index (χ1) is 11.9. The van der Waals surface area contributed by atoms with Crippen LogP contribution in [0.2, 0.25) is 0 Å². The molecule has 7 nitrogen and oxygen atoms in total. The van der Waals surface area contributed by atoms with Crippen LogP contribution in [0.15, 0.2) is 48.5 Å². The van der Waals surface area contributed by atoms with Gasteiger partial charge in [0.2, 0.25) is 11.8 Å². The molecular formula is C17H17N3O4S. The molecule has 0 aromatic heterocycles. The van der Waals surface area contributed by atoms with Gasteiger partial charge in [-0.1, -0.05) is 12.1 Å². The fraction of sp³-hybridized carbons (Fsp3) is 0.176. The van der Waals surface area contributed by atoms with Gasteiger partial charge in [0.15, 0.2) is 0 Å². The third-order valence-electron chi connectivity index (χ3n) is 3.13. The Kier molecular flexibility index (Phi) is 6.53. The van der Waals surface area contributed by atoms with E-state index < -0.39 is 4.92 Å². The van der Waals surface area contributed by atoms with E-state index in [1.807, 2.05) is 25.1 Å². The normalized spacial score (nSPS) is 10.1. The Morgan fingerprint density at radius 1 is 1.00 bits per heavy atom. The number of nitro benzene ring substituents is 1. The van der Waals surface area contributed by atoms with Crippen molar-refractivity contribution in [3.63, 3.8) is 0 Å². The molecule has 0 saturated heterocycles. The summed E-state index contributed by atoms with van der Waals surface area (Å²) in [6.07, 6.45) is 0. The largest absolute Gasteiger partial charge is 0.325 e. The molecule has 2 N–H and O–H groups in total. The van der Waals surface area contributed by atoms with Crippen LogP contribution < -0.4 is 10.6 Å². The minimum atomic E-state index is -0.506. The lowest BCUT2D eigenvalue weighted by Crippen LogP contribution is -2.18. The molecular weight excluding hydrogens is 342 g/mol. The number of nitrogens with zero attached hydrogens (tertiary/aromatic N) is 1. The van der Waals surface area contributed by atoms with Crippen LogP contribution >= 0.6 is 11.8 Å². The average Bonchev–Trinajstić information content (AvgIpc) is 2.55. The Balaban J connectivity index is 1.72. The Bertz CT molecular complexity index is 778. The summed E-state index contributed by atoms with van der Waals surface area (Å²) in [5.74, 6) is -0.194. The van der Waals surface area contributed by atoms with Crippen LogP contribution in [0.1, 0.15) is 5.56 Å². The first-order valence-corrected chi connectivity index (χ1v) is 8.58. The van der Waals surface area contributed by atoms with Crippen molar-refractivity contribution in [2.45, 2.75) is 6.92 Å². The van der Waals surface area contributed by atoms with Gasteiger partial charge in [-0.15, -0.1) is 11.8 Å². The molecule has 25 heavy (non-hydrogen) atoms. The number of nitrogens with one attached hydrogen (secondary N) is 2. The zero-order chi connectivity index (χ0) is 18.2. The van der Waals surface area contributed by atoms with Crippen LogP contribution in [-0.4, -0.2) is 28.2 Å². The lowest BCUT2D eigenvalue weighted by Gasteiger charge is -2.07. The third kappa shape index (κ3) is 6.27. The first-order valence-electron chi connectivity index (χ1n) is 7.42. The molecule has 2 amide bonds. The molecule has 0 unspecified atom stereocenters. The monoisotopic (exact) mass is 359 g/mol. The van der Waals surface area contributed by atoms with Crippen molar-refractivity contribution < 1.29 is 14.5 Å². The Hall–Kier alpha value is -2.87. The summed E-state index contributed by atoms with van der Waals surface area (Å²) in [5.41, 5.74) is 2.20. The van der Waals surface area contributed by atoms with E-state index in [4.69, 9.17) is 0 Å². The molecule has 8 heteroatoms. The SMILES string of the molecule is Cc1cccc(NC(=O)CSCC(=O)Nc2ccc([N+](=O)[O-])cc2)c1. The molecule has 0 spiro atoms. The van der Waals surface area contributed by atoms with Gasteiger partial charge >= 0.3 is 0 Å². The summed E-state index contributed by atoms with van der Waals surface area (Å²) < 4.78 is 0. The summed E-state index contributed by atoms with van der Waals surface area (Å²) in [6.45, 7) is 1.94. The second-order valence-electron chi connectivity index (χ2n) is 5.26. The van der Waals surface area contributed by atoms with Crippen molar-refractivity contribution in [3.05, 3.63) is 64.2 Å². The minimum absolute atomic E-state index is 0.0415. The van der Waals surface area contributed by atoms with Crippen LogP contribution in [-0.2, 0) is 9.59 Å². The maximum absolute atomic E-state index is 11.8. The third-order valence-corrected chi connectivity index (χ3v) is 4.06. The second-order valence-corrected chi connectivity index (χ2v) is 6.25. The molecule has 2 rings (SSSR count). The van der Waals surface area contributed by atoms with E-state index in [2.05, 4.69) is 10.6 Å². The smallest absolute Gasteiger partial charge is 0.269 e. The lowest BCUT2D eigenvalue weighted by atomic mass is 10.2. The van der Waals surface area contributed by atoms with E-state index >= 15 is 0 Å². The van der Waals surface area contributed by atoms with Crippen LogP contribution in [0.4, 0.5) is 17.1 Å². The summed E-state index contributed by atoms with van der Waals surface area (Å²) in [7, 11) is 0. The molecule has 0 saturated carbocycles. The topological polar surface area (TPSA) is 101 Å². The van der Waals surface area contributed by atoms with Crippen molar-refractivity contribution in [1.29, 1.82) is 0 Å². The highest BCUT2D eigenvalue weighted by atomic mass is 32.2. The number of benzene rings is 2. The maximum atomic E-state index is 11.8. The highest BCUT2D eigenvalue weighted by Gasteiger charge is 2.08. The van der Waals surface area contributed by atoms with Crippen molar-refractivity contribution in [3.8, 4) is 0 Å². The van der Waals surface area contributed by atoms with Gasteiger partial charge in [0, 0.05) is 23.5 Å². The number of hydrogen-bond donors (Lipinski definition) is 2. The average molecular weight is 359 g/mol. The van der Waals surface area contributed by atoms with Gasteiger partial charge in [-0.25, -0.2) is 0 Å². The van der Waals surface area contributed by atoms with E-state index in [1.165, 1.54) is 36.0 Å². The molecule has 130 valence electrons. The highest BCUT2D eigenvalue weighted by molar-refractivity contribution is 8.00. The first kappa shape index (κ1) is 18.5. The zero-order valence-corrected chi connectivity index (χ0v) is 14.3. The van der Waals surface area contributed by atoms with Crippen LogP contribution in [0.3, 0.4) is 0 Å². The molecule has 2 aromatic rings. The zero-order valence-electron chi connectivity index (χ0n) is 13.5. The van der Waals surface area contributed by atoms with Crippen LogP contribution in [0, 0.1) is 17.0 Å². The summed E-state index contributed by atoms with van der Waals surface area (Å²) in [4.78, 5) is 33.7. The Morgan fingerprint density at radius 3 is 2.16 bits per heavy atom. The Morgan fingerprint density at radius 2 is 1.60 bits per heavy atom. The molecule has 0 aliphatic heterocycles. The number of non-ortho nitro benzene ring substituents is 1. The van der Waals surface area contributed by atoms with Gasteiger partial charge in [-0.2, -0.15) is 0 Å².